The lowest BCUT2D eigenvalue weighted by molar-refractivity contribution is -0.160. The summed E-state index contributed by atoms with van der Waals surface area (Å²) in [7, 11) is 1.53. The van der Waals surface area contributed by atoms with E-state index in [1.54, 1.807) is 0 Å². The SMILES string of the molecule is COCCn1cnc2c(c1=O)OCCN(C(=O)C1CC(F)(F)C1)C2. The average molecular weight is 343 g/mol. The number of methoxy groups -OCH3 is 1. The van der Waals surface area contributed by atoms with Gasteiger partial charge in [-0.25, -0.2) is 13.8 Å². The Hall–Kier alpha value is -2.03. The van der Waals surface area contributed by atoms with E-state index >= 15 is 0 Å². The van der Waals surface area contributed by atoms with Crippen LogP contribution in [-0.2, 0) is 22.6 Å². The quantitative estimate of drug-likeness (QED) is 0.803. The minimum Gasteiger partial charge on any atom is -0.485 e. The highest BCUT2D eigenvalue weighted by molar-refractivity contribution is 5.80. The van der Waals surface area contributed by atoms with Gasteiger partial charge in [0.1, 0.15) is 12.3 Å². The Morgan fingerprint density at radius 3 is 2.92 bits per heavy atom. The summed E-state index contributed by atoms with van der Waals surface area (Å²) in [6.07, 6.45) is 0.555. The molecule has 1 aliphatic heterocycles. The number of carbonyl (C=O) groups is 1. The van der Waals surface area contributed by atoms with Crippen LogP contribution in [0.3, 0.4) is 0 Å². The molecule has 0 N–H and O–H groups in total. The summed E-state index contributed by atoms with van der Waals surface area (Å²) >= 11 is 0. The molecule has 0 unspecified atom stereocenters. The number of alkyl halides is 2. The lowest BCUT2D eigenvalue weighted by Gasteiger charge is -2.36. The van der Waals surface area contributed by atoms with Crippen molar-refractivity contribution >= 4 is 5.91 Å². The van der Waals surface area contributed by atoms with Crippen molar-refractivity contribution < 1.29 is 23.0 Å². The van der Waals surface area contributed by atoms with Crippen molar-refractivity contribution in [2.75, 3.05) is 26.9 Å². The predicted molar refractivity (Wildman–Crippen MR) is 79.0 cm³/mol. The Balaban J connectivity index is 1.75. The largest absolute Gasteiger partial charge is 0.485 e. The standard InChI is InChI=1S/C15H19F2N3O4/c1-23-4-2-20-9-18-11-8-19(3-5-24-12(11)14(20)22)13(21)10-6-15(16,17)7-10/h9-10H,2-8H2,1H3. The highest BCUT2D eigenvalue weighted by Crippen LogP contribution is 2.43. The van der Waals surface area contributed by atoms with Crippen LogP contribution in [0, 0.1) is 5.92 Å². The molecule has 24 heavy (non-hydrogen) atoms. The van der Waals surface area contributed by atoms with Gasteiger partial charge in [-0.05, 0) is 0 Å². The van der Waals surface area contributed by atoms with Gasteiger partial charge in [0, 0.05) is 25.9 Å². The number of aromatic nitrogens is 2. The normalized spacial score (nSPS) is 19.9. The molecule has 0 radical (unpaired) electrons. The van der Waals surface area contributed by atoms with Gasteiger partial charge in [0.05, 0.1) is 32.6 Å². The van der Waals surface area contributed by atoms with Crippen molar-refractivity contribution in [2.45, 2.75) is 31.9 Å². The van der Waals surface area contributed by atoms with Crippen molar-refractivity contribution in [1.29, 1.82) is 0 Å². The summed E-state index contributed by atoms with van der Waals surface area (Å²) in [5.74, 6) is -3.62. The van der Waals surface area contributed by atoms with Gasteiger partial charge in [-0.15, -0.1) is 0 Å². The summed E-state index contributed by atoms with van der Waals surface area (Å²) in [6.45, 7) is 1.18. The smallest absolute Gasteiger partial charge is 0.296 e. The number of carbonyl (C=O) groups excluding carboxylic acids is 1. The topological polar surface area (TPSA) is 73.7 Å². The van der Waals surface area contributed by atoms with E-state index in [9.17, 15) is 18.4 Å². The minimum atomic E-state index is -2.74. The predicted octanol–water partition coefficient (Wildman–Crippen LogP) is 0.656. The van der Waals surface area contributed by atoms with Crippen LogP contribution in [0.5, 0.6) is 5.75 Å². The third kappa shape index (κ3) is 3.26. The molecule has 0 saturated heterocycles. The van der Waals surface area contributed by atoms with Gasteiger partial charge in [0.25, 0.3) is 5.56 Å². The molecule has 1 aromatic heterocycles. The van der Waals surface area contributed by atoms with E-state index in [2.05, 4.69) is 4.98 Å². The maximum atomic E-state index is 13.0. The fourth-order valence-corrected chi connectivity index (χ4v) is 2.91. The summed E-state index contributed by atoms with van der Waals surface area (Å²) in [5, 5.41) is 0. The van der Waals surface area contributed by atoms with Crippen molar-refractivity contribution in [3.8, 4) is 5.75 Å². The number of amides is 1. The van der Waals surface area contributed by atoms with Crippen LogP contribution in [0.25, 0.3) is 0 Å². The third-order valence-electron chi connectivity index (χ3n) is 4.31. The Morgan fingerprint density at radius 1 is 1.50 bits per heavy atom. The molecule has 2 aliphatic rings. The maximum absolute atomic E-state index is 13.0. The zero-order valence-electron chi connectivity index (χ0n) is 13.3. The first-order valence-corrected chi connectivity index (χ1v) is 7.78. The van der Waals surface area contributed by atoms with Gasteiger partial charge >= 0.3 is 0 Å². The van der Waals surface area contributed by atoms with Crippen molar-refractivity contribution in [3.63, 3.8) is 0 Å². The second-order valence-electron chi connectivity index (χ2n) is 6.08. The fraction of sp³-hybridized carbons (Fsp3) is 0.667. The van der Waals surface area contributed by atoms with E-state index in [0.29, 0.717) is 18.8 Å². The molecule has 1 saturated carbocycles. The van der Waals surface area contributed by atoms with Crippen LogP contribution in [-0.4, -0.2) is 53.1 Å². The third-order valence-corrected chi connectivity index (χ3v) is 4.31. The van der Waals surface area contributed by atoms with Crippen LogP contribution in [0.2, 0.25) is 0 Å². The van der Waals surface area contributed by atoms with Crippen LogP contribution < -0.4 is 10.3 Å². The molecule has 7 nitrogen and oxygen atoms in total. The van der Waals surface area contributed by atoms with Crippen molar-refractivity contribution in [1.82, 2.24) is 14.5 Å². The average Bonchev–Trinajstić information content (AvgIpc) is 2.74. The van der Waals surface area contributed by atoms with Gasteiger partial charge in [-0.3, -0.25) is 14.2 Å². The van der Waals surface area contributed by atoms with Gasteiger partial charge in [-0.2, -0.15) is 0 Å². The summed E-state index contributed by atoms with van der Waals surface area (Å²) in [4.78, 5) is 30.3. The molecule has 2 heterocycles. The van der Waals surface area contributed by atoms with Crippen LogP contribution >= 0.6 is 0 Å². The summed E-state index contributed by atoms with van der Waals surface area (Å²) in [5.41, 5.74) is 0.0205. The van der Waals surface area contributed by atoms with Gasteiger partial charge in [0.2, 0.25) is 17.6 Å². The Bertz CT molecular complexity index is 684. The lowest BCUT2D eigenvalue weighted by Crippen LogP contribution is -2.47. The molecule has 1 amide bonds. The highest BCUT2D eigenvalue weighted by Gasteiger charge is 2.50. The first-order chi connectivity index (χ1) is 11.4. The molecule has 1 aliphatic carbocycles. The summed E-state index contributed by atoms with van der Waals surface area (Å²) in [6, 6.07) is 0. The molecule has 0 bridgehead atoms. The number of halogens is 2. The molecule has 132 valence electrons. The monoisotopic (exact) mass is 343 g/mol. The van der Waals surface area contributed by atoms with Gasteiger partial charge in [0.15, 0.2) is 0 Å². The first kappa shape index (κ1) is 16.8. The molecular weight excluding hydrogens is 324 g/mol. The Morgan fingerprint density at radius 2 is 2.25 bits per heavy atom. The number of ether oxygens (including phenoxy) is 2. The number of hydrogen-bond acceptors (Lipinski definition) is 5. The van der Waals surface area contributed by atoms with E-state index in [0.717, 1.165) is 0 Å². The van der Waals surface area contributed by atoms with E-state index in [1.807, 2.05) is 0 Å². The highest BCUT2D eigenvalue weighted by atomic mass is 19.3. The number of rotatable bonds is 4. The maximum Gasteiger partial charge on any atom is 0.296 e. The molecule has 0 atom stereocenters. The number of fused-ring (bicyclic) bond motifs is 1. The van der Waals surface area contributed by atoms with Crippen LogP contribution in [0.4, 0.5) is 8.78 Å². The van der Waals surface area contributed by atoms with E-state index < -0.39 is 24.7 Å². The van der Waals surface area contributed by atoms with Crippen molar-refractivity contribution in [3.05, 3.63) is 22.4 Å². The number of nitrogens with zero attached hydrogens (tertiary/aromatic N) is 3. The van der Waals surface area contributed by atoms with E-state index in [1.165, 1.54) is 22.9 Å². The molecule has 9 heteroatoms. The van der Waals surface area contributed by atoms with E-state index in [4.69, 9.17) is 9.47 Å². The number of hydrogen-bond donors (Lipinski definition) is 0. The Kier molecular flexibility index (Phi) is 4.53. The molecular formula is C15H19F2N3O4. The fourth-order valence-electron chi connectivity index (χ4n) is 2.91. The molecule has 0 aromatic carbocycles. The lowest BCUT2D eigenvalue weighted by atomic mass is 9.80. The van der Waals surface area contributed by atoms with Crippen LogP contribution in [0.1, 0.15) is 18.5 Å². The second-order valence-corrected chi connectivity index (χ2v) is 6.08. The summed E-state index contributed by atoms with van der Waals surface area (Å²) < 4.78 is 37.7. The van der Waals surface area contributed by atoms with Gasteiger partial charge < -0.3 is 14.4 Å². The molecule has 1 aromatic rings. The molecule has 0 spiro atoms. The van der Waals surface area contributed by atoms with Crippen LogP contribution in [0.15, 0.2) is 11.1 Å². The zero-order chi connectivity index (χ0) is 17.3. The first-order valence-electron chi connectivity index (χ1n) is 7.78. The zero-order valence-corrected chi connectivity index (χ0v) is 13.3. The van der Waals surface area contributed by atoms with E-state index in [-0.39, 0.29) is 36.9 Å². The van der Waals surface area contributed by atoms with Gasteiger partial charge in [-0.1, -0.05) is 0 Å². The molecule has 1 fully saturated rings. The molecule has 3 rings (SSSR count). The minimum absolute atomic E-state index is 0.0938. The Labute approximate surface area is 137 Å². The second kappa shape index (κ2) is 6.46. The van der Waals surface area contributed by atoms with Crippen molar-refractivity contribution in [2.24, 2.45) is 5.92 Å².